The molecular weight excluding hydrogens is 484 g/mol. The molecule has 8 heteroatoms. The second-order valence-corrected chi connectivity index (χ2v) is 9.75. The summed E-state index contributed by atoms with van der Waals surface area (Å²) in [6.45, 7) is 11.5. The SMILES string of the molecule is Cc1ccc(-c2ccc(CNCCNCCCNCCNCc3ccc(-c4ccc(C)cn4)nc3)cn2)nc1. The normalized spacial score (nSPS) is 11.1. The lowest BCUT2D eigenvalue weighted by Gasteiger charge is -2.09. The van der Waals surface area contributed by atoms with Crippen LogP contribution in [0.3, 0.4) is 0 Å². The zero-order chi connectivity index (χ0) is 27.1. The number of rotatable bonds is 16. The summed E-state index contributed by atoms with van der Waals surface area (Å²) in [6, 6.07) is 16.4. The Morgan fingerprint density at radius 2 is 0.821 bits per heavy atom. The number of nitrogens with one attached hydrogen (secondary N) is 4. The van der Waals surface area contributed by atoms with Crippen molar-refractivity contribution in [2.75, 3.05) is 39.3 Å². The van der Waals surface area contributed by atoms with Crippen molar-refractivity contribution in [1.82, 2.24) is 41.2 Å². The van der Waals surface area contributed by atoms with Gasteiger partial charge in [-0.3, -0.25) is 19.9 Å². The Morgan fingerprint density at radius 1 is 0.436 bits per heavy atom. The van der Waals surface area contributed by atoms with E-state index in [9.17, 15) is 0 Å². The molecule has 4 heterocycles. The first kappa shape index (κ1) is 28.4. The highest BCUT2D eigenvalue weighted by Gasteiger charge is 2.02. The summed E-state index contributed by atoms with van der Waals surface area (Å²) in [5.74, 6) is 0. The van der Waals surface area contributed by atoms with Crippen molar-refractivity contribution in [3.63, 3.8) is 0 Å². The zero-order valence-electron chi connectivity index (χ0n) is 23.1. The maximum Gasteiger partial charge on any atom is 0.0886 e. The van der Waals surface area contributed by atoms with Crippen molar-refractivity contribution >= 4 is 0 Å². The van der Waals surface area contributed by atoms with E-state index >= 15 is 0 Å². The summed E-state index contributed by atoms with van der Waals surface area (Å²) in [5, 5.41) is 13.9. The fourth-order valence-electron chi connectivity index (χ4n) is 4.01. The molecule has 0 aliphatic rings. The highest BCUT2D eigenvalue weighted by atomic mass is 15.0. The Morgan fingerprint density at radius 3 is 1.18 bits per heavy atom. The topological polar surface area (TPSA) is 99.7 Å². The van der Waals surface area contributed by atoms with Crippen LogP contribution in [0.15, 0.2) is 73.3 Å². The van der Waals surface area contributed by atoms with Crippen LogP contribution in [-0.4, -0.2) is 59.2 Å². The van der Waals surface area contributed by atoms with Crippen molar-refractivity contribution in [3.8, 4) is 22.8 Å². The van der Waals surface area contributed by atoms with Gasteiger partial charge in [0, 0.05) is 64.1 Å². The Kier molecular flexibility index (Phi) is 11.5. The molecule has 0 amide bonds. The van der Waals surface area contributed by atoms with Crippen molar-refractivity contribution in [1.29, 1.82) is 0 Å². The van der Waals surface area contributed by atoms with Gasteiger partial charge in [0.05, 0.1) is 22.8 Å². The molecular formula is C31H40N8. The highest BCUT2D eigenvalue weighted by molar-refractivity contribution is 5.54. The first-order valence-corrected chi connectivity index (χ1v) is 13.8. The first-order chi connectivity index (χ1) is 19.2. The number of hydrogen-bond donors (Lipinski definition) is 4. The van der Waals surface area contributed by atoms with E-state index in [1.54, 1.807) is 0 Å². The van der Waals surface area contributed by atoms with Crippen molar-refractivity contribution in [2.45, 2.75) is 33.4 Å². The van der Waals surface area contributed by atoms with Crippen LogP contribution in [0.1, 0.15) is 28.7 Å². The van der Waals surface area contributed by atoms with Crippen LogP contribution in [0.4, 0.5) is 0 Å². The maximum atomic E-state index is 4.55. The minimum Gasteiger partial charge on any atom is -0.315 e. The third-order valence-corrected chi connectivity index (χ3v) is 6.32. The van der Waals surface area contributed by atoms with E-state index in [0.717, 1.165) is 92.7 Å². The van der Waals surface area contributed by atoms with E-state index in [2.05, 4.69) is 65.5 Å². The lowest BCUT2D eigenvalue weighted by molar-refractivity contribution is 0.559. The zero-order valence-corrected chi connectivity index (χ0v) is 23.1. The fraction of sp³-hybridized carbons (Fsp3) is 0.355. The van der Waals surface area contributed by atoms with E-state index < -0.39 is 0 Å². The van der Waals surface area contributed by atoms with Crippen LogP contribution in [0.2, 0.25) is 0 Å². The van der Waals surface area contributed by atoms with Gasteiger partial charge in [0.2, 0.25) is 0 Å². The van der Waals surface area contributed by atoms with E-state index in [1.807, 2.05) is 62.9 Å². The van der Waals surface area contributed by atoms with Crippen molar-refractivity contribution < 1.29 is 0 Å². The average molecular weight is 525 g/mol. The molecule has 0 spiro atoms. The fourth-order valence-corrected chi connectivity index (χ4v) is 4.01. The Balaban J connectivity index is 0.961. The van der Waals surface area contributed by atoms with Crippen LogP contribution in [0.25, 0.3) is 22.8 Å². The molecule has 39 heavy (non-hydrogen) atoms. The van der Waals surface area contributed by atoms with Crippen LogP contribution < -0.4 is 21.3 Å². The van der Waals surface area contributed by atoms with Gasteiger partial charge in [-0.15, -0.1) is 0 Å². The molecule has 0 fully saturated rings. The number of hydrogen-bond acceptors (Lipinski definition) is 8. The number of nitrogens with zero attached hydrogens (tertiary/aromatic N) is 4. The molecule has 4 aromatic rings. The summed E-state index contributed by atoms with van der Waals surface area (Å²) in [5.41, 5.74) is 8.29. The Bertz CT molecular complexity index is 1120. The lowest BCUT2D eigenvalue weighted by atomic mass is 10.2. The molecule has 0 aromatic carbocycles. The van der Waals surface area contributed by atoms with E-state index in [-0.39, 0.29) is 0 Å². The molecule has 0 aliphatic carbocycles. The second kappa shape index (κ2) is 15.8. The third-order valence-electron chi connectivity index (χ3n) is 6.32. The van der Waals surface area contributed by atoms with Gasteiger partial charge in [-0.2, -0.15) is 0 Å². The minimum atomic E-state index is 0.814. The summed E-state index contributed by atoms with van der Waals surface area (Å²) in [7, 11) is 0. The molecule has 0 aliphatic heterocycles. The van der Waals surface area contributed by atoms with Gasteiger partial charge in [0.25, 0.3) is 0 Å². The molecule has 0 unspecified atom stereocenters. The van der Waals surface area contributed by atoms with Crippen molar-refractivity contribution in [2.24, 2.45) is 0 Å². The second-order valence-electron chi connectivity index (χ2n) is 9.75. The molecule has 204 valence electrons. The van der Waals surface area contributed by atoms with E-state index in [1.165, 1.54) is 11.1 Å². The maximum absolute atomic E-state index is 4.55. The Hall–Kier alpha value is -3.56. The predicted octanol–water partition coefficient (Wildman–Crippen LogP) is 3.67. The molecule has 0 bridgehead atoms. The van der Waals surface area contributed by atoms with Crippen LogP contribution >= 0.6 is 0 Å². The first-order valence-electron chi connectivity index (χ1n) is 13.8. The summed E-state index contributed by atoms with van der Waals surface area (Å²) in [4.78, 5) is 18.0. The average Bonchev–Trinajstić information content (AvgIpc) is 2.97. The molecule has 0 radical (unpaired) electrons. The molecule has 0 saturated heterocycles. The summed E-state index contributed by atoms with van der Waals surface area (Å²) in [6.07, 6.45) is 8.70. The van der Waals surface area contributed by atoms with E-state index in [4.69, 9.17) is 0 Å². The molecule has 0 saturated carbocycles. The molecule has 4 N–H and O–H groups in total. The van der Waals surface area contributed by atoms with Crippen LogP contribution in [0, 0.1) is 13.8 Å². The van der Waals surface area contributed by atoms with Gasteiger partial charge in [0.1, 0.15) is 0 Å². The number of pyridine rings is 4. The van der Waals surface area contributed by atoms with Gasteiger partial charge in [0.15, 0.2) is 0 Å². The smallest absolute Gasteiger partial charge is 0.0886 e. The molecule has 8 nitrogen and oxygen atoms in total. The van der Waals surface area contributed by atoms with Gasteiger partial charge in [-0.05, 0) is 79.9 Å². The summed E-state index contributed by atoms with van der Waals surface area (Å²) >= 11 is 0. The van der Waals surface area contributed by atoms with E-state index in [0.29, 0.717) is 0 Å². The predicted molar refractivity (Wildman–Crippen MR) is 158 cm³/mol. The largest absolute Gasteiger partial charge is 0.315 e. The van der Waals surface area contributed by atoms with Gasteiger partial charge in [-0.25, -0.2) is 0 Å². The lowest BCUT2D eigenvalue weighted by Crippen LogP contribution is -2.31. The van der Waals surface area contributed by atoms with Gasteiger partial charge < -0.3 is 21.3 Å². The Labute approximate surface area is 232 Å². The van der Waals surface area contributed by atoms with Gasteiger partial charge in [-0.1, -0.05) is 24.3 Å². The standard InChI is InChI=1S/C31H40N8/c1-24-4-8-28(36-18-24)30-10-6-26(22-38-30)20-34-16-14-32-12-3-13-33-15-17-35-21-27-7-11-31(39-23-27)29-9-5-25(2)19-37-29/h4-11,18-19,22-23,32-35H,3,12-17,20-21H2,1-2H3. The molecule has 4 aromatic heterocycles. The summed E-state index contributed by atoms with van der Waals surface area (Å²) < 4.78 is 0. The van der Waals surface area contributed by atoms with Gasteiger partial charge >= 0.3 is 0 Å². The molecule has 4 rings (SSSR count). The van der Waals surface area contributed by atoms with Crippen LogP contribution in [0.5, 0.6) is 0 Å². The molecule has 0 atom stereocenters. The third kappa shape index (κ3) is 9.92. The number of aromatic nitrogens is 4. The quantitative estimate of drug-likeness (QED) is 0.165. The van der Waals surface area contributed by atoms with Crippen molar-refractivity contribution in [3.05, 3.63) is 95.6 Å². The van der Waals surface area contributed by atoms with Crippen LogP contribution in [-0.2, 0) is 13.1 Å². The highest BCUT2D eigenvalue weighted by Crippen LogP contribution is 2.15. The monoisotopic (exact) mass is 524 g/mol. The minimum absolute atomic E-state index is 0.814. The number of aryl methyl sites for hydroxylation is 2.